The number of ether oxygens (including phenoxy) is 3. The van der Waals surface area contributed by atoms with E-state index in [-0.39, 0.29) is 6.04 Å². The molecule has 29 aromatic carbocycles. The van der Waals surface area contributed by atoms with Crippen LogP contribution in [-0.4, -0.2) is 115 Å². The molecule has 1 atom stereocenters. The van der Waals surface area contributed by atoms with Crippen LogP contribution in [-0.2, 0) is 10.8 Å². The summed E-state index contributed by atoms with van der Waals surface area (Å²) in [6.07, 6.45) is 2.73. The van der Waals surface area contributed by atoms with Gasteiger partial charge in [0.15, 0.2) is 11.5 Å². The summed E-state index contributed by atoms with van der Waals surface area (Å²) in [5, 5.41) is 88.4. The molecule has 0 aromatic heterocycles. The SMILES string of the molecule is CN(C)CCCOc1ccc(C2N(C)CC34c5c6c7c8c9c%10c(c%11c%12c3c3c5c5c%13c6c6c7c7c9c9c%14c%10c%10c%11c%11c%12c%12c3c3c5c5c%13c%13c6c6c7c9c7c9c%14c%10c%10c%11c%11c%12c3c3c5c5c%13c6c7c6c9c%10c%11c3c56)C824)c(OCCCN(C)C)c1OCCCN(C)C. The van der Waals surface area contributed by atoms with E-state index in [2.05, 4.69) is 81.1 Å². The van der Waals surface area contributed by atoms with Crippen molar-refractivity contribution in [2.24, 2.45) is 0 Å². The molecule has 0 radical (unpaired) electrons. The topological polar surface area (TPSA) is 40.6 Å². The van der Waals surface area contributed by atoms with Crippen molar-refractivity contribution < 1.29 is 14.2 Å². The van der Waals surface area contributed by atoms with Gasteiger partial charge in [0.2, 0.25) is 5.75 Å². The molecule has 0 N–H and O–H groups in total. The predicted octanol–water partition coefficient (Wildman–Crippen LogP) is 19.0. The maximum atomic E-state index is 7.74. The van der Waals surface area contributed by atoms with Crippen molar-refractivity contribution in [1.82, 2.24) is 19.6 Å². The van der Waals surface area contributed by atoms with Gasteiger partial charge in [0.25, 0.3) is 0 Å². The largest absolute Gasteiger partial charge is 0.489 e. The highest BCUT2D eigenvalue weighted by molar-refractivity contribution is 6.82. The summed E-state index contributed by atoms with van der Waals surface area (Å²) in [4.78, 5) is 9.79. The summed E-state index contributed by atoms with van der Waals surface area (Å²) in [5.74, 6) is 2.51. The standard InChI is InChI=1S/C84H44N4O3/c1-85(2)13-8-16-89-21-12-11-20(80(90-17-9-14-86(3)4)81(21)91-18-10-15-87(5)6)82-84-78-72-66-56-44-36-28-24-22-23-26-30(28)38(44)48-42-34(26)35-27(23)31-29-25(22)33-32(24)40-46(36)54-60-50(40)51-41(33)47-37(29)45-39(31)49-43(35)53-52(42)64(58(48)66)74(78)75-65(53)59(49)67-57(45)63-55(47)61(51)69-68(60)76(70(72)62(54)56)83(84,19-88(82)7)77(69)71(63)73(67)79(75)84/h11-12,82H,8-10,13-19H2,1-7H3. The molecule has 0 amide bonds. The van der Waals surface area contributed by atoms with E-state index in [0.29, 0.717) is 19.8 Å². The molecule has 5 aliphatic rings. The Morgan fingerprint density at radius 2 is 0.538 bits per heavy atom. The van der Waals surface area contributed by atoms with E-state index in [0.717, 1.165) is 62.7 Å². The Hall–Kier alpha value is -9.08. The molecule has 0 saturated carbocycles. The van der Waals surface area contributed by atoms with Gasteiger partial charge in [-0.1, -0.05) is 0 Å². The Bertz CT molecular complexity index is 7830. The molecule has 1 aliphatic heterocycles. The first kappa shape index (κ1) is 41.3. The third kappa shape index (κ3) is 2.84. The van der Waals surface area contributed by atoms with Gasteiger partial charge in [0.1, 0.15) is 0 Å². The smallest absolute Gasteiger partial charge is 0.203 e. The van der Waals surface area contributed by atoms with E-state index in [9.17, 15) is 0 Å². The summed E-state index contributed by atoms with van der Waals surface area (Å²) in [5.41, 5.74) is 7.11. The fourth-order valence-corrected chi connectivity index (χ4v) is 28.4. The van der Waals surface area contributed by atoms with Crippen molar-refractivity contribution >= 4 is 291 Å². The number of nitrogens with zero attached hydrogens (tertiary/aromatic N) is 4. The second-order valence-corrected chi connectivity index (χ2v) is 32.6. The summed E-state index contributed by atoms with van der Waals surface area (Å²) < 4.78 is 22.2. The Morgan fingerprint density at radius 3 is 0.802 bits per heavy atom. The van der Waals surface area contributed by atoms with Crippen LogP contribution < -0.4 is 14.2 Å². The van der Waals surface area contributed by atoms with Gasteiger partial charge in [0.05, 0.1) is 36.7 Å². The molecule has 4 aliphatic carbocycles. The quantitative estimate of drug-likeness (QED) is 0.0705. The average Bonchev–Trinajstić information content (AvgIpc) is 1.38. The van der Waals surface area contributed by atoms with Crippen molar-refractivity contribution in [1.29, 1.82) is 0 Å². The van der Waals surface area contributed by atoms with Crippen molar-refractivity contribution in [2.75, 3.05) is 95.3 Å². The lowest BCUT2D eigenvalue weighted by Crippen LogP contribution is -2.52. The van der Waals surface area contributed by atoms with Crippen LogP contribution in [0.15, 0.2) is 12.1 Å². The molecule has 0 bridgehead atoms. The van der Waals surface area contributed by atoms with Crippen LogP contribution in [0.3, 0.4) is 0 Å². The molecule has 91 heavy (non-hydrogen) atoms. The van der Waals surface area contributed by atoms with Crippen molar-refractivity contribution in [2.45, 2.75) is 36.1 Å². The van der Waals surface area contributed by atoms with Gasteiger partial charge in [-0.05, 0) is 394 Å². The van der Waals surface area contributed by atoms with Crippen molar-refractivity contribution in [3.63, 3.8) is 0 Å². The number of hydrogen-bond acceptors (Lipinski definition) is 7. The van der Waals surface area contributed by atoms with Crippen LogP contribution in [0.25, 0.3) is 291 Å². The van der Waals surface area contributed by atoms with Crippen molar-refractivity contribution in [3.05, 3.63) is 39.9 Å². The first-order valence-electron chi connectivity index (χ1n) is 34.2. The maximum Gasteiger partial charge on any atom is 0.203 e. The first-order valence-corrected chi connectivity index (χ1v) is 34.2. The highest BCUT2D eigenvalue weighted by Crippen LogP contribution is 2.87. The zero-order chi connectivity index (χ0) is 57.3. The highest BCUT2D eigenvalue weighted by Gasteiger charge is 2.76. The molecule has 1 heterocycles. The molecule has 2 spiro atoms. The summed E-state index contributed by atoms with van der Waals surface area (Å²) >= 11 is 0. The minimum absolute atomic E-state index is 0.112. The Labute approximate surface area is 510 Å². The number of likely N-dealkylation sites (tertiary alicyclic amines) is 1. The minimum atomic E-state index is -0.537. The number of likely N-dealkylation sites (N-methyl/N-ethyl adjacent to an activating group) is 1. The monoisotopic (exact) mass is 1160 g/mol. The molecule has 1 unspecified atom stereocenters. The number of hydrogen-bond donors (Lipinski definition) is 0. The van der Waals surface area contributed by atoms with Gasteiger partial charge in [-0.15, -0.1) is 0 Å². The van der Waals surface area contributed by atoms with E-state index in [4.69, 9.17) is 14.2 Å². The molecule has 1 fully saturated rings. The van der Waals surface area contributed by atoms with Gasteiger partial charge >= 0.3 is 0 Å². The van der Waals surface area contributed by atoms with Gasteiger partial charge in [-0.25, -0.2) is 0 Å². The third-order valence-electron chi connectivity index (χ3n) is 29.3. The summed E-state index contributed by atoms with van der Waals surface area (Å²) in [6, 6.07) is 4.74. The molecule has 418 valence electrons. The Balaban J connectivity index is 0.885. The minimum Gasteiger partial charge on any atom is -0.489 e. The van der Waals surface area contributed by atoms with Crippen LogP contribution in [0.1, 0.15) is 53.1 Å². The molecular formula is C84H44N4O3. The zero-order valence-corrected chi connectivity index (χ0v) is 50.8. The summed E-state index contributed by atoms with van der Waals surface area (Å²) in [6.45, 7) is 5.53. The van der Waals surface area contributed by atoms with Crippen LogP contribution >= 0.6 is 0 Å². The highest BCUT2D eigenvalue weighted by atomic mass is 16.5. The Kier molecular flexibility index (Phi) is 4.90. The van der Waals surface area contributed by atoms with E-state index in [1.54, 1.807) is 313 Å². The van der Waals surface area contributed by atoms with Gasteiger partial charge in [0, 0.05) is 31.7 Å². The zero-order valence-electron chi connectivity index (χ0n) is 50.8. The van der Waals surface area contributed by atoms with Crippen molar-refractivity contribution in [3.8, 4) is 17.2 Å². The van der Waals surface area contributed by atoms with Crippen LogP contribution in [0.5, 0.6) is 17.2 Å². The molecular weight excluding hydrogens is 1110 g/mol. The first-order chi connectivity index (χ1) is 44.8. The van der Waals surface area contributed by atoms with E-state index < -0.39 is 10.8 Å². The third-order valence-corrected chi connectivity index (χ3v) is 29.3. The normalized spacial score (nSPS) is 21.3. The number of benzene rings is 19. The van der Waals surface area contributed by atoms with Crippen LogP contribution in [0, 0.1) is 0 Å². The van der Waals surface area contributed by atoms with E-state index >= 15 is 0 Å². The predicted molar refractivity (Wildman–Crippen MR) is 382 cm³/mol. The van der Waals surface area contributed by atoms with Gasteiger partial charge in [-0.2, -0.15) is 0 Å². The molecule has 7 nitrogen and oxygen atoms in total. The summed E-state index contributed by atoms with van der Waals surface area (Å²) in [7, 11) is 15.6. The molecule has 1 saturated heterocycles. The fraction of sp³-hybridized carbons (Fsp3) is 0.238. The van der Waals surface area contributed by atoms with Crippen LogP contribution in [0.4, 0.5) is 0 Å². The van der Waals surface area contributed by atoms with Crippen LogP contribution in [0.2, 0.25) is 0 Å². The Morgan fingerprint density at radius 1 is 0.308 bits per heavy atom. The second kappa shape index (κ2) is 10.8. The van der Waals surface area contributed by atoms with E-state index in [1.807, 2.05) is 0 Å². The lowest BCUT2D eigenvalue weighted by atomic mass is 9.47. The van der Waals surface area contributed by atoms with Gasteiger partial charge in [-0.3, -0.25) is 4.90 Å². The van der Waals surface area contributed by atoms with E-state index in [1.165, 1.54) is 5.56 Å². The maximum absolute atomic E-state index is 7.74. The average molecular weight is 1160 g/mol. The van der Waals surface area contributed by atoms with Gasteiger partial charge < -0.3 is 28.9 Å². The molecule has 29 aromatic rings. The lowest BCUT2D eigenvalue weighted by molar-refractivity contribution is 0.212. The second-order valence-electron chi connectivity index (χ2n) is 32.6. The molecule has 34 rings (SSSR count). The lowest BCUT2D eigenvalue weighted by Gasteiger charge is -2.52. The molecule has 7 heteroatoms. The number of rotatable bonds is 16. The fourth-order valence-electron chi connectivity index (χ4n) is 28.4.